The van der Waals surface area contributed by atoms with Gasteiger partial charge < -0.3 is 9.84 Å². The van der Waals surface area contributed by atoms with Crippen LogP contribution in [-0.4, -0.2) is 47.7 Å². The molecule has 1 aliphatic heterocycles. The molecule has 104 valence electrons. The first kappa shape index (κ1) is 15.0. The van der Waals surface area contributed by atoms with Crippen LogP contribution < -0.4 is 0 Å². The predicted molar refractivity (Wildman–Crippen MR) is 67.3 cm³/mol. The van der Waals surface area contributed by atoms with E-state index in [1.165, 1.54) is 0 Å². The van der Waals surface area contributed by atoms with Crippen LogP contribution in [0, 0.1) is 5.92 Å². The van der Waals surface area contributed by atoms with Crippen LogP contribution in [0.3, 0.4) is 0 Å². The van der Waals surface area contributed by atoms with Crippen LogP contribution in [0.2, 0.25) is 0 Å². The summed E-state index contributed by atoms with van der Waals surface area (Å²) in [5, 5.41) is 9.23. The zero-order valence-electron chi connectivity index (χ0n) is 11.2. The molecular weight excluding hydrogens is 234 g/mol. The van der Waals surface area contributed by atoms with Crippen molar-refractivity contribution in [3.05, 3.63) is 0 Å². The smallest absolute Gasteiger partial charge is 0.320 e. The van der Waals surface area contributed by atoms with Crippen LogP contribution >= 0.6 is 0 Å². The van der Waals surface area contributed by atoms with Gasteiger partial charge in [0.15, 0.2) is 0 Å². The number of aliphatic carboxylic acids is 1. The van der Waals surface area contributed by atoms with E-state index >= 15 is 0 Å². The topological polar surface area (TPSA) is 66.8 Å². The molecule has 0 bridgehead atoms. The summed E-state index contributed by atoms with van der Waals surface area (Å²) in [6, 6.07) is -0.466. The van der Waals surface area contributed by atoms with Crippen molar-refractivity contribution >= 4 is 11.9 Å². The molecular formula is C13H23NO4. The molecule has 1 N–H and O–H groups in total. The summed E-state index contributed by atoms with van der Waals surface area (Å²) in [6.07, 6.45) is 3.12. The number of rotatable bonds is 6. The van der Waals surface area contributed by atoms with Crippen LogP contribution in [-0.2, 0) is 14.3 Å². The van der Waals surface area contributed by atoms with Crippen molar-refractivity contribution in [2.75, 3.05) is 19.7 Å². The number of carboxylic acid groups (broad SMARTS) is 1. The van der Waals surface area contributed by atoms with Crippen molar-refractivity contribution in [2.45, 2.75) is 45.6 Å². The summed E-state index contributed by atoms with van der Waals surface area (Å²) >= 11 is 0. The molecule has 1 rings (SSSR count). The Morgan fingerprint density at radius 2 is 2.17 bits per heavy atom. The van der Waals surface area contributed by atoms with Crippen molar-refractivity contribution in [1.82, 2.24) is 4.90 Å². The molecule has 18 heavy (non-hydrogen) atoms. The summed E-state index contributed by atoms with van der Waals surface area (Å²) in [6.45, 7) is 5.41. The van der Waals surface area contributed by atoms with E-state index in [0.29, 0.717) is 19.6 Å². The van der Waals surface area contributed by atoms with E-state index in [1.54, 1.807) is 6.92 Å². The van der Waals surface area contributed by atoms with Gasteiger partial charge in [-0.2, -0.15) is 0 Å². The van der Waals surface area contributed by atoms with Gasteiger partial charge >= 0.3 is 11.9 Å². The number of carboxylic acids is 1. The molecule has 1 aliphatic rings. The maximum absolute atomic E-state index is 11.7. The van der Waals surface area contributed by atoms with E-state index in [4.69, 9.17) is 4.74 Å². The van der Waals surface area contributed by atoms with Gasteiger partial charge in [0.1, 0.15) is 6.04 Å². The highest BCUT2D eigenvalue weighted by molar-refractivity contribution is 5.75. The Bertz CT molecular complexity index is 293. The van der Waals surface area contributed by atoms with Crippen molar-refractivity contribution in [3.8, 4) is 0 Å². The van der Waals surface area contributed by atoms with E-state index in [0.717, 1.165) is 25.8 Å². The second-order valence-electron chi connectivity index (χ2n) is 4.73. The summed E-state index contributed by atoms with van der Waals surface area (Å²) < 4.78 is 5.02. The van der Waals surface area contributed by atoms with Gasteiger partial charge in [0.2, 0.25) is 0 Å². The molecule has 0 amide bonds. The number of esters is 1. The van der Waals surface area contributed by atoms with Gasteiger partial charge in [0.05, 0.1) is 12.5 Å². The van der Waals surface area contributed by atoms with Gasteiger partial charge in [0, 0.05) is 6.54 Å². The molecule has 0 aromatic carbocycles. The molecule has 5 nitrogen and oxygen atoms in total. The fourth-order valence-corrected chi connectivity index (χ4v) is 2.48. The molecule has 0 radical (unpaired) electrons. The Morgan fingerprint density at radius 3 is 2.72 bits per heavy atom. The lowest BCUT2D eigenvalue weighted by Gasteiger charge is -2.35. The maximum atomic E-state index is 11.7. The fraction of sp³-hybridized carbons (Fsp3) is 0.846. The Labute approximate surface area is 108 Å². The van der Waals surface area contributed by atoms with E-state index in [9.17, 15) is 14.7 Å². The van der Waals surface area contributed by atoms with Gasteiger partial charge in [-0.15, -0.1) is 0 Å². The number of carbonyl (C=O) groups is 2. The summed E-state index contributed by atoms with van der Waals surface area (Å²) in [7, 11) is 0. The van der Waals surface area contributed by atoms with E-state index in [2.05, 4.69) is 0 Å². The van der Waals surface area contributed by atoms with E-state index in [1.807, 2.05) is 11.8 Å². The first-order valence-electron chi connectivity index (χ1n) is 6.73. The summed E-state index contributed by atoms with van der Waals surface area (Å²) in [5.41, 5.74) is 0. The van der Waals surface area contributed by atoms with Crippen LogP contribution in [0.1, 0.15) is 39.5 Å². The number of carbonyl (C=O) groups excluding carboxylic acids is 1. The van der Waals surface area contributed by atoms with E-state index < -0.39 is 12.0 Å². The third-order valence-corrected chi connectivity index (χ3v) is 3.36. The minimum Gasteiger partial charge on any atom is -0.480 e. The molecule has 0 aromatic heterocycles. The number of nitrogens with zero attached hydrogens (tertiary/aromatic N) is 1. The second-order valence-corrected chi connectivity index (χ2v) is 4.73. The number of hydrogen-bond donors (Lipinski definition) is 1. The Hall–Kier alpha value is -1.10. The molecule has 1 fully saturated rings. The van der Waals surface area contributed by atoms with Gasteiger partial charge in [-0.1, -0.05) is 13.3 Å². The normalized spacial score (nSPS) is 22.4. The van der Waals surface area contributed by atoms with Crippen molar-refractivity contribution in [1.29, 1.82) is 0 Å². The van der Waals surface area contributed by atoms with Crippen molar-refractivity contribution in [3.63, 3.8) is 0 Å². The molecule has 2 atom stereocenters. The SMILES string of the molecule is CCCC(C(=O)O)N1CCC[C@H](C(=O)OCC)C1. The molecule has 1 unspecified atom stereocenters. The van der Waals surface area contributed by atoms with Crippen molar-refractivity contribution < 1.29 is 19.4 Å². The number of piperidine rings is 1. The highest BCUT2D eigenvalue weighted by Crippen LogP contribution is 2.21. The highest BCUT2D eigenvalue weighted by atomic mass is 16.5. The highest BCUT2D eigenvalue weighted by Gasteiger charge is 2.33. The first-order valence-corrected chi connectivity index (χ1v) is 6.73. The number of ether oxygens (including phenoxy) is 1. The lowest BCUT2D eigenvalue weighted by Crippen LogP contribution is -2.48. The lowest BCUT2D eigenvalue weighted by atomic mass is 9.96. The maximum Gasteiger partial charge on any atom is 0.320 e. The lowest BCUT2D eigenvalue weighted by molar-refractivity contribution is -0.153. The Morgan fingerprint density at radius 1 is 1.44 bits per heavy atom. The minimum atomic E-state index is -0.790. The number of hydrogen-bond acceptors (Lipinski definition) is 4. The second kappa shape index (κ2) is 7.36. The predicted octanol–water partition coefficient (Wildman–Crippen LogP) is 1.51. The molecule has 0 aromatic rings. The third-order valence-electron chi connectivity index (χ3n) is 3.36. The molecule has 0 spiro atoms. The van der Waals surface area contributed by atoms with Crippen LogP contribution in [0.5, 0.6) is 0 Å². The third kappa shape index (κ3) is 3.98. The number of likely N-dealkylation sites (tertiary alicyclic amines) is 1. The largest absolute Gasteiger partial charge is 0.480 e. The minimum absolute atomic E-state index is 0.169. The van der Waals surface area contributed by atoms with Crippen molar-refractivity contribution in [2.24, 2.45) is 5.92 Å². The van der Waals surface area contributed by atoms with Gasteiger partial charge in [0.25, 0.3) is 0 Å². The zero-order chi connectivity index (χ0) is 13.5. The average Bonchev–Trinajstić information content (AvgIpc) is 2.36. The van der Waals surface area contributed by atoms with Gasteiger partial charge in [-0.25, -0.2) is 0 Å². The monoisotopic (exact) mass is 257 g/mol. The van der Waals surface area contributed by atoms with Gasteiger partial charge in [-0.05, 0) is 32.7 Å². The Kier molecular flexibility index (Phi) is 6.12. The van der Waals surface area contributed by atoms with Crippen LogP contribution in [0.25, 0.3) is 0 Å². The first-order chi connectivity index (χ1) is 8.60. The molecule has 1 saturated heterocycles. The summed E-state index contributed by atoms with van der Waals surface area (Å²) in [5.74, 6) is -1.15. The summed E-state index contributed by atoms with van der Waals surface area (Å²) in [4.78, 5) is 24.8. The standard InChI is InChI=1S/C13H23NO4/c1-3-6-11(12(15)16)14-8-5-7-10(9-14)13(17)18-4-2/h10-11H,3-9H2,1-2H3,(H,15,16)/t10-,11?/m0/s1. The quantitative estimate of drug-likeness (QED) is 0.731. The van der Waals surface area contributed by atoms with Crippen LogP contribution in [0.4, 0.5) is 0 Å². The zero-order valence-corrected chi connectivity index (χ0v) is 11.2. The molecule has 0 aliphatic carbocycles. The Balaban J connectivity index is 2.61. The average molecular weight is 257 g/mol. The fourth-order valence-electron chi connectivity index (χ4n) is 2.48. The molecule has 1 heterocycles. The van der Waals surface area contributed by atoms with Gasteiger partial charge in [-0.3, -0.25) is 14.5 Å². The van der Waals surface area contributed by atoms with Crippen LogP contribution in [0.15, 0.2) is 0 Å². The van der Waals surface area contributed by atoms with E-state index in [-0.39, 0.29) is 11.9 Å². The molecule has 0 saturated carbocycles. The molecule has 5 heteroatoms.